The highest BCUT2D eigenvalue weighted by Crippen LogP contribution is 2.39. The van der Waals surface area contributed by atoms with Gasteiger partial charge < -0.3 is 5.11 Å². The van der Waals surface area contributed by atoms with Crippen molar-refractivity contribution in [1.82, 2.24) is 0 Å². The van der Waals surface area contributed by atoms with E-state index >= 15 is 0 Å². The maximum absolute atomic E-state index is 10.8. The lowest BCUT2D eigenvalue weighted by Gasteiger charge is -2.10. The Morgan fingerprint density at radius 3 is 2.80 bits per heavy atom. The molecular weight excluding hydrogens is 194 g/mol. The second-order valence-electron chi connectivity index (χ2n) is 4.04. The van der Waals surface area contributed by atoms with E-state index in [0.29, 0.717) is 12.0 Å². The first-order chi connectivity index (χ1) is 7.02. The second-order valence-corrected chi connectivity index (χ2v) is 4.04. The molecule has 0 aromatic heterocycles. The summed E-state index contributed by atoms with van der Waals surface area (Å²) in [5.41, 5.74) is 3.52. The Bertz CT molecular complexity index is 440. The van der Waals surface area contributed by atoms with E-state index in [4.69, 9.17) is 0 Å². The van der Waals surface area contributed by atoms with E-state index in [-0.39, 0.29) is 10.6 Å². The molecule has 1 aromatic rings. The Labute approximate surface area is 87.7 Å². The Kier molecular flexibility index (Phi) is 2.23. The largest absolute Gasteiger partial charge is 0.388 e. The number of aliphatic hydroxyl groups is 1. The average Bonchev–Trinajstić information content (AvgIpc) is 2.54. The number of aliphatic hydroxyl groups excluding tert-OH is 1. The minimum absolute atomic E-state index is 0.118. The topological polar surface area (TPSA) is 63.4 Å². The van der Waals surface area contributed by atoms with Gasteiger partial charge in [-0.05, 0) is 43.4 Å². The van der Waals surface area contributed by atoms with Crippen molar-refractivity contribution < 1.29 is 10.0 Å². The minimum atomic E-state index is -0.529. The van der Waals surface area contributed by atoms with Crippen LogP contribution >= 0.6 is 0 Å². The first-order valence-electron chi connectivity index (χ1n) is 4.97. The van der Waals surface area contributed by atoms with Crippen molar-refractivity contribution >= 4 is 5.69 Å². The van der Waals surface area contributed by atoms with Crippen LogP contribution in [0.1, 0.15) is 34.8 Å². The van der Waals surface area contributed by atoms with Gasteiger partial charge in [0.25, 0.3) is 5.69 Å². The van der Waals surface area contributed by atoms with Crippen molar-refractivity contribution in [2.75, 3.05) is 0 Å². The van der Waals surface area contributed by atoms with E-state index in [9.17, 15) is 15.2 Å². The van der Waals surface area contributed by atoms with Crippen LogP contribution in [0.2, 0.25) is 0 Å². The highest BCUT2D eigenvalue weighted by Gasteiger charge is 2.28. The lowest BCUT2D eigenvalue weighted by molar-refractivity contribution is -0.385. The van der Waals surface area contributed by atoms with Gasteiger partial charge in [0.2, 0.25) is 0 Å². The summed E-state index contributed by atoms with van der Waals surface area (Å²) in [5, 5.41) is 20.6. The number of hydrogen-bond donors (Lipinski definition) is 1. The molecule has 1 aromatic carbocycles. The number of rotatable bonds is 1. The molecule has 0 aliphatic heterocycles. The summed E-state index contributed by atoms with van der Waals surface area (Å²) in [7, 11) is 0. The Hall–Kier alpha value is -1.42. The Morgan fingerprint density at radius 1 is 1.53 bits per heavy atom. The molecule has 1 N–H and O–H groups in total. The molecule has 0 spiro atoms. The van der Waals surface area contributed by atoms with Gasteiger partial charge in [-0.2, -0.15) is 0 Å². The first kappa shape index (κ1) is 10.1. The van der Waals surface area contributed by atoms with Crippen molar-refractivity contribution in [1.29, 1.82) is 0 Å². The van der Waals surface area contributed by atoms with Gasteiger partial charge in [0.15, 0.2) is 0 Å². The van der Waals surface area contributed by atoms with E-state index in [1.54, 1.807) is 13.0 Å². The van der Waals surface area contributed by atoms with Crippen LogP contribution in [0.3, 0.4) is 0 Å². The third-order valence-electron chi connectivity index (χ3n) is 3.14. The summed E-state index contributed by atoms with van der Waals surface area (Å²) >= 11 is 0. The molecule has 0 bridgehead atoms. The lowest BCUT2D eigenvalue weighted by atomic mass is 9.97. The molecule has 0 saturated heterocycles. The van der Waals surface area contributed by atoms with Crippen molar-refractivity contribution in [2.24, 2.45) is 0 Å². The number of hydrogen-bond acceptors (Lipinski definition) is 3. The fourth-order valence-electron chi connectivity index (χ4n) is 2.38. The fourth-order valence-corrected chi connectivity index (χ4v) is 2.38. The van der Waals surface area contributed by atoms with E-state index < -0.39 is 6.10 Å². The van der Waals surface area contributed by atoms with Crippen LogP contribution in [0.25, 0.3) is 0 Å². The SMILES string of the molecule is Cc1cc([N+](=O)[O-])c(C)c2c1CCC2O. The average molecular weight is 207 g/mol. The number of nitrogens with zero attached hydrogens (tertiary/aromatic N) is 1. The molecule has 4 heteroatoms. The van der Waals surface area contributed by atoms with E-state index in [1.807, 2.05) is 6.92 Å². The molecule has 1 aliphatic carbocycles. The van der Waals surface area contributed by atoms with Crippen LogP contribution in [0, 0.1) is 24.0 Å². The molecule has 80 valence electrons. The number of fused-ring (bicyclic) bond motifs is 1. The third kappa shape index (κ3) is 1.41. The molecule has 15 heavy (non-hydrogen) atoms. The second kappa shape index (κ2) is 3.31. The fraction of sp³-hybridized carbons (Fsp3) is 0.455. The monoisotopic (exact) mass is 207 g/mol. The number of aryl methyl sites for hydroxylation is 1. The molecule has 4 nitrogen and oxygen atoms in total. The zero-order valence-electron chi connectivity index (χ0n) is 8.78. The Morgan fingerprint density at radius 2 is 2.20 bits per heavy atom. The summed E-state index contributed by atoms with van der Waals surface area (Å²) in [6, 6.07) is 1.60. The third-order valence-corrected chi connectivity index (χ3v) is 3.14. The van der Waals surface area contributed by atoms with Crippen LogP contribution in [0.4, 0.5) is 5.69 Å². The van der Waals surface area contributed by atoms with Gasteiger partial charge >= 0.3 is 0 Å². The van der Waals surface area contributed by atoms with Crippen molar-refractivity contribution in [3.05, 3.63) is 38.4 Å². The van der Waals surface area contributed by atoms with Gasteiger partial charge in [-0.15, -0.1) is 0 Å². The summed E-state index contributed by atoms with van der Waals surface area (Å²) in [6.07, 6.45) is 0.970. The van der Waals surface area contributed by atoms with Crippen molar-refractivity contribution in [2.45, 2.75) is 32.8 Å². The molecule has 1 unspecified atom stereocenters. The van der Waals surface area contributed by atoms with Crippen molar-refractivity contribution in [3.8, 4) is 0 Å². The maximum atomic E-state index is 10.8. The predicted molar refractivity (Wildman–Crippen MR) is 55.9 cm³/mol. The number of benzene rings is 1. The lowest BCUT2D eigenvalue weighted by Crippen LogP contribution is -2.01. The molecule has 0 saturated carbocycles. The van der Waals surface area contributed by atoms with Gasteiger partial charge in [-0.1, -0.05) is 0 Å². The quantitative estimate of drug-likeness (QED) is 0.567. The van der Waals surface area contributed by atoms with Gasteiger partial charge in [-0.25, -0.2) is 0 Å². The summed E-state index contributed by atoms with van der Waals surface area (Å²) < 4.78 is 0. The summed E-state index contributed by atoms with van der Waals surface area (Å²) in [4.78, 5) is 10.4. The maximum Gasteiger partial charge on any atom is 0.272 e. The van der Waals surface area contributed by atoms with Gasteiger partial charge in [0.05, 0.1) is 11.0 Å². The van der Waals surface area contributed by atoms with Gasteiger partial charge in [-0.3, -0.25) is 10.1 Å². The summed E-state index contributed by atoms with van der Waals surface area (Å²) in [5.74, 6) is 0. The molecule has 0 radical (unpaired) electrons. The predicted octanol–water partition coefficient (Wildman–Crippen LogP) is 2.19. The smallest absolute Gasteiger partial charge is 0.272 e. The van der Waals surface area contributed by atoms with Crippen LogP contribution in [-0.4, -0.2) is 10.0 Å². The van der Waals surface area contributed by atoms with Crippen LogP contribution in [0.5, 0.6) is 0 Å². The van der Waals surface area contributed by atoms with Gasteiger partial charge in [0.1, 0.15) is 0 Å². The van der Waals surface area contributed by atoms with Crippen LogP contribution in [-0.2, 0) is 6.42 Å². The minimum Gasteiger partial charge on any atom is -0.388 e. The molecule has 0 fully saturated rings. The van der Waals surface area contributed by atoms with E-state index in [2.05, 4.69) is 0 Å². The standard InChI is InChI=1S/C11H13NO3/c1-6-5-9(12(14)15)7(2)11-8(6)3-4-10(11)13/h5,10,13H,3-4H2,1-2H3. The molecule has 2 rings (SSSR count). The highest BCUT2D eigenvalue weighted by atomic mass is 16.6. The van der Waals surface area contributed by atoms with E-state index in [0.717, 1.165) is 23.1 Å². The zero-order chi connectivity index (χ0) is 11.2. The number of nitro benzene ring substituents is 1. The zero-order valence-corrected chi connectivity index (χ0v) is 8.78. The van der Waals surface area contributed by atoms with Crippen LogP contribution in [0.15, 0.2) is 6.07 Å². The van der Waals surface area contributed by atoms with Gasteiger partial charge in [0, 0.05) is 11.6 Å². The van der Waals surface area contributed by atoms with Crippen molar-refractivity contribution in [3.63, 3.8) is 0 Å². The highest BCUT2D eigenvalue weighted by molar-refractivity contribution is 5.55. The molecule has 1 aliphatic rings. The molecule has 0 amide bonds. The summed E-state index contributed by atoms with van der Waals surface area (Å²) in [6.45, 7) is 3.58. The van der Waals surface area contributed by atoms with E-state index in [1.165, 1.54) is 0 Å². The first-order valence-corrected chi connectivity index (χ1v) is 4.97. The van der Waals surface area contributed by atoms with Crippen LogP contribution < -0.4 is 0 Å². The Balaban J connectivity index is 2.71. The normalized spacial score (nSPS) is 19.0. The molecular formula is C11H13NO3. The number of nitro groups is 1. The molecule has 0 heterocycles. The molecule has 1 atom stereocenters.